The van der Waals surface area contributed by atoms with Gasteiger partial charge in [-0.15, -0.1) is 0 Å². The van der Waals surface area contributed by atoms with E-state index in [0.717, 1.165) is 12.1 Å². The molecule has 0 radical (unpaired) electrons. The first kappa shape index (κ1) is 32.9. The zero-order valence-electron chi connectivity index (χ0n) is 23.3. The fraction of sp³-hybridized carbons (Fsp3) is 0.321. The van der Waals surface area contributed by atoms with Crippen molar-refractivity contribution in [2.75, 3.05) is 12.0 Å². The van der Waals surface area contributed by atoms with Gasteiger partial charge in [-0.1, -0.05) is 39.0 Å². The van der Waals surface area contributed by atoms with E-state index < -0.39 is 50.9 Å². The molecule has 0 fully saturated rings. The molecule has 1 unspecified atom stereocenters. The van der Waals surface area contributed by atoms with Crippen LogP contribution < -0.4 is 19.1 Å². The van der Waals surface area contributed by atoms with E-state index in [2.05, 4.69) is 9.50 Å². The number of methoxy groups -OCH3 is 1. The molecule has 1 amide bonds. The molecule has 3 aromatic rings. The van der Waals surface area contributed by atoms with Crippen LogP contribution in [-0.2, 0) is 20.3 Å². The van der Waals surface area contributed by atoms with Crippen molar-refractivity contribution >= 4 is 32.5 Å². The second kappa shape index (κ2) is 10.8. The topological polar surface area (TPSA) is 105 Å². The van der Waals surface area contributed by atoms with Gasteiger partial charge in [-0.05, 0) is 52.1 Å². The lowest BCUT2D eigenvalue weighted by Gasteiger charge is -2.32. The van der Waals surface area contributed by atoms with Gasteiger partial charge in [-0.25, -0.2) is 4.39 Å². The summed E-state index contributed by atoms with van der Waals surface area (Å²) in [6.07, 6.45) is -12.5. The number of aliphatic hydroxyl groups excluding tert-OH is 1. The number of ether oxygens (including phenoxy) is 1. The second-order valence-corrected chi connectivity index (χ2v) is 12.4. The van der Waals surface area contributed by atoms with E-state index in [1.807, 2.05) is 20.8 Å². The normalized spacial score (nSPS) is 16.7. The molecular weight excluding hydrogens is 625 g/mol. The highest BCUT2D eigenvalue weighted by Gasteiger charge is 2.82. The third kappa shape index (κ3) is 5.75. The maximum atomic E-state index is 14.2. The fourth-order valence-electron chi connectivity index (χ4n) is 4.53. The minimum Gasteiger partial charge on any atom is -0.496 e. The van der Waals surface area contributed by atoms with Crippen molar-refractivity contribution in [2.24, 2.45) is 0 Å². The van der Waals surface area contributed by atoms with Crippen molar-refractivity contribution < 1.29 is 58.0 Å². The molecule has 0 bridgehead atoms. The van der Waals surface area contributed by atoms with Crippen LogP contribution in [0, 0.1) is 0 Å². The number of alkyl halides is 7. The number of nitrogens with one attached hydrogen (secondary N) is 1. The highest BCUT2D eigenvalue weighted by Crippen LogP contribution is 2.50. The molecule has 44 heavy (non-hydrogen) atoms. The molecule has 8 nitrogen and oxygen atoms in total. The lowest BCUT2D eigenvalue weighted by Crippen LogP contribution is -2.59. The summed E-state index contributed by atoms with van der Waals surface area (Å²) in [6, 6.07) is 10.7. The molecule has 1 atom stereocenters. The third-order valence-electron chi connectivity index (χ3n) is 6.71. The van der Waals surface area contributed by atoms with Crippen molar-refractivity contribution in [3.63, 3.8) is 0 Å². The number of amides is 1. The molecule has 0 saturated carbocycles. The molecule has 0 spiro atoms. The molecule has 0 saturated heterocycles. The summed E-state index contributed by atoms with van der Waals surface area (Å²) < 4.78 is 126. The van der Waals surface area contributed by atoms with E-state index in [1.54, 1.807) is 18.2 Å². The molecule has 2 N–H and O–H groups in total. The Morgan fingerprint density at radius 2 is 1.48 bits per heavy atom. The van der Waals surface area contributed by atoms with Crippen molar-refractivity contribution in [3.05, 3.63) is 66.4 Å². The van der Waals surface area contributed by atoms with Gasteiger partial charge in [-0.3, -0.25) is 4.79 Å². The molecule has 238 valence electrons. The van der Waals surface area contributed by atoms with Gasteiger partial charge in [-0.2, -0.15) is 34.8 Å². The number of carbonyl (C=O) groups excluding carboxylic acids is 1. The Morgan fingerprint density at radius 1 is 0.886 bits per heavy atom. The quantitative estimate of drug-likeness (QED) is 0.248. The molecule has 0 aromatic heterocycles. The zero-order valence-corrected chi connectivity index (χ0v) is 24.2. The number of hydrogen-bond donors (Lipinski definition) is 2. The number of rotatable bonds is 6. The van der Waals surface area contributed by atoms with Crippen LogP contribution in [-0.4, -0.2) is 50.2 Å². The molecule has 1 heterocycles. The number of nitrogens with zero attached hydrogens (tertiary/aromatic N) is 1. The Balaban J connectivity index is 1.81. The van der Waals surface area contributed by atoms with Crippen LogP contribution in [0.2, 0.25) is 0 Å². The summed E-state index contributed by atoms with van der Waals surface area (Å²) in [5, 5.41) is 6.65. The van der Waals surface area contributed by atoms with E-state index in [0.29, 0.717) is 33.5 Å². The summed E-state index contributed by atoms with van der Waals surface area (Å²) >= 11 is 0. The molecule has 1 aliphatic rings. The number of hydrogen-bond acceptors (Lipinski definition) is 7. The number of fused-ring (bicyclic) bond motifs is 1. The predicted octanol–water partition coefficient (Wildman–Crippen LogP) is 6.04. The van der Waals surface area contributed by atoms with Gasteiger partial charge in [0, 0.05) is 29.1 Å². The third-order valence-corrected chi connectivity index (χ3v) is 8.27. The first-order valence-electron chi connectivity index (χ1n) is 12.6. The van der Waals surface area contributed by atoms with Crippen LogP contribution >= 0.6 is 0 Å². The largest absolute Gasteiger partial charge is 0.496 e. The average Bonchev–Trinajstić information content (AvgIpc) is 2.89. The van der Waals surface area contributed by atoms with Gasteiger partial charge in [0.15, 0.2) is 0 Å². The number of anilines is 1. The Kier molecular flexibility index (Phi) is 8.09. The smallest absolute Gasteiger partial charge is 0.450 e. The molecule has 16 heteroatoms. The van der Waals surface area contributed by atoms with Crippen molar-refractivity contribution in [1.29, 1.82) is 0 Å². The summed E-state index contributed by atoms with van der Waals surface area (Å²) in [5.74, 6) is -1.04. The lowest BCUT2D eigenvalue weighted by atomic mass is 9.83. The minimum absolute atomic E-state index is 0.133. The van der Waals surface area contributed by atoms with Crippen LogP contribution in [0.3, 0.4) is 0 Å². The number of aliphatic hydroxyl groups is 1. The van der Waals surface area contributed by atoms with Crippen molar-refractivity contribution in [1.82, 2.24) is 5.32 Å². The van der Waals surface area contributed by atoms with Gasteiger partial charge >= 0.3 is 27.5 Å². The maximum absolute atomic E-state index is 14.2. The maximum Gasteiger partial charge on any atom is 0.450 e. The van der Waals surface area contributed by atoms with Crippen molar-refractivity contribution in [3.8, 4) is 22.6 Å². The van der Waals surface area contributed by atoms with Crippen LogP contribution in [0.4, 0.5) is 36.4 Å². The van der Waals surface area contributed by atoms with E-state index in [4.69, 9.17) is 4.74 Å². The van der Waals surface area contributed by atoms with E-state index in [-0.39, 0.29) is 5.39 Å². The van der Waals surface area contributed by atoms with Gasteiger partial charge < -0.3 is 24.2 Å². The van der Waals surface area contributed by atoms with Crippen LogP contribution in [0.5, 0.6) is 11.5 Å². The molecular formula is C28H25F7N2O6S. The highest BCUT2D eigenvalue weighted by molar-refractivity contribution is 7.88. The first-order valence-corrected chi connectivity index (χ1v) is 14.0. The number of benzene rings is 3. The van der Waals surface area contributed by atoms with E-state index in [1.165, 1.54) is 42.5 Å². The number of carbonyl (C=O) groups is 1. The van der Waals surface area contributed by atoms with Gasteiger partial charge in [0.1, 0.15) is 11.5 Å². The summed E-state index contributed by atoms with van der Waals surface area (Å²) in [4.78, 5) is 13.1. The molecule has 4 rings (SSSR count). The summed E-state index contributed by atoms with van der Waals surface area (Å²) in [5.41, 5.74) is 1.71. The Bertz CT molecular complexity index is 1730. The molecule has 3 aromatic carbocycles. The Morgan fingerprint density at radius 3 is 2.02 bits per heavy atom. The molecule has 1 aliphatic heterocycles. The Hall–Kier alpha value is -4.05. The average molecular weight is 651 g/mol. The SMILES string of the molecule is COc1c(-c2ccc3cc(OS(=O)(=O)C(F)(C(F)(F)F)C(F)(F)F)ccc3c2)cc(N2C=CC(=O)NC2O)cc1C(C)(C)C. The Labute approximate surface area is 246 Å². The lowest BCUT2D eigenvalue weighted by molar-refractivity contribution is -0.307. The van der Waals surface area contributed by atoms with E-state index in [9.17, 15) is 49.1 Å². The van der Waals surface area contributed by atoms with Crippen molar-refractivity contribution in [2.45, 2.75) is 49.9 Å². The summed E-state index contributed by atoms with van der Waals surface area (Å²) in [7, 11) is -5.51. The first-order chi connectivity index (χ1) is 20.1. The molecule has 0 aliphatic carbocycles. The van der Waals surface area contributed by atoms with E-state index >= 15 is 0 Å². The van der Waals surface area contributed by atoms with Crippen LogP contribution in [0.25, 0.3) is 21.9 Å². The van der Waals surface area contributed by atoms with Gasteiger partial charge in [0.05, 0.1) is 7.11 Å². The minimum atomic E-state index is -6.95. The zero-order chi connectivity index (χ0) is 33.0. The highest BCUT2D eigenvalue weighted by atomic mass is 32.2. The summed E-state index contributed by atoms with van der Waals surface area (Å²) in [6.45, 7) is 5.76. The van der Waals surface area contributed by atoms with Crippen LogP contribution in [0.15, 0.2) is 60.8 Å². The fourth-order valence-corrected chi connectivity index (χ4v) is 5.57. The standard InChI is InChI=1S/C28H25F7N2O6S/c1-25(2,3)21-14-18(37-10-9-22(38)36-24(37)39)13-20(23(21)42-4)17-6-5-16-12-19(8-7-15(16)11-17)43-44(40,41)26(29,27(30,31)32)28(33,34)35/h5-14,24,39H,1-4H3,(H,36,38). The van der Waals surface area contributed by atoms with Gasteiger partial charge in [0.25, 0.3) is 0 Å². The number of halogens is 7. The second-order valence-electron chi connectivity index (χ2n) is 10.8. The monoisotopic (exact) mass is 650 g/mol. The predicted molar refractivity (Wildman–Crippen MR) is 146 cm³/mol. The van der Waals surface area contributed by atoms with Crippen LogP contribution in [0.1, 0.15) is 26.3 Å². The van der Waals surface area contributed by atoms with Gasteiger partial charge in [0.2, 0.25) is 12.3 Å².